The lowest BCUT2D eigenvalue weighted by Crippen LogP contribution is -2.65. The Labute approximate surface area is 248 Å². The number of likely N-dealkylation sites (N-methyl/N-ethyl adjacent to an activating group) is 2. The van der Waals surface area contributed by atoms with Gasteiger partial charge in [-0.25, -0.2) is 0 Å². The second kappa shape index (κ2) is 10.8. The van der Waals surface area contributed by atoms with Crippen molar-refractivity contribution in [3.63, 3.8) is 0 Å². The molecule has 1 saturated carbocycles. The molecule has 0 radical (unpaired) electrons. The second-order valence-corrected chi connectivity index (χ2v) is 12.0. The zero-order valence-electron chi connectivity index (χ0n) is 24.8. The van der Waals surface area contributed by atoms with E-state index in [4.69, 9.17) is 5.73 Å². The topological polar surface area (TPSA) is 193 Å². The van der Waals surface area contributed by atoms with Gasteiger partial charge in [-0.15, -0.1) is 0 Å². The molecule has 1 aromatic carbocycles. The van der Waals surface area contributed by atoms with Crippen molar-refractivity contribution in [2.75, 3.05) is 27.7 Å². The maximum absolute atomic E-state index is 14.2. The third kappa shape index (κ3) is 4.57. The van der Waals surface area contributed by atoms with Crippen LogP contribution in [0.5, 0.6) is 5.75 Å². The van der Waals surface area contributed by atoms with Crippen LogP contribution >= 0.6 is 0 Å². The van der Waals surface area contributed by atoms with Crippen molar-refractivity contribution >= 4 is 23.2 Å². The van der Waals surface area contributed by atoms with Crippen LogP contribution in [0, 0.1) is 11.8 Å². The number of aliphatic hydroxyl groups excluding tert-OH is 2. The summed E-state index contributed by atoms with van der Waals surface area (Å²) in [5.41, 5.74) is 5.39. The number of H-pyrrole nitrogens is 1. The molecule has 5 rings (SSSR count). The van der Waals surface area contributed by atoms with Gasteiger partial charge in [0.2, 0.25) is 5.78 Å². The van der Waals surface area contributed by atoms with E-state index in [9.17, 15) is 34.8 Å². The van der Waals surface area contributed by atoms with E-state index in [-0.39, 0.29) is 29.7 Å². The fourth-order valence-electron chi connectivity index (χ4n) is 7.01. The molecule has 12 nitrogen and oxygen atoms in total. The Morgan fingerprint density at radius 3 is 2.51 bits per heavy atom. The summed E-state index contributed by atoms with van der Waals surface area (Å²) in [6.45, 7) is 4.89. The van der Waals surface area contributed by atoms with E-state index in [2.05, 4.69) is 10.2 Å². The molecule has 3 aliphatic carbocycles. The number of nitrogens with one attached hydrogen (secondary N) is 1. The molecule has 0 bridgehead atoms. The summed E-state index contributed by atoms with van der Waals surface area (Å²) >= 11 is 0. The van der Waals surface area contributed by atoms with E-state index in [0.717, 1.165) is 5.57 Å². The highest BCUT2D eigenvalue weighted by atomic mass is 16.3. The minimum atomic E-state index is -2.69. The molecule has 228 valence electrons. The molecule has 0 aliphatic heterocycles. The number of benzene rings is 1. The number of Topliss-reactive ketones (excluding diaryl/α,β-unsaturated/α-hetero) is 2. The van der Waals surface area contributed by atoms with Gasteiger partial charge in [0.25, 0.3) is 5.91 Å². The first-order chi connectivity index (χ1) is 20.2. The number of nitrogens with two attached hydrogens (primary N) is 1. The molecule has 0 saturated heterocycles. The number of aromatic hydroxyl groups is 1. The molecule has 4 atom stereocenters. The van der Waals surface area contributed by atoms with Gasteiger partial charge in [-0.3, -0.25) is 29.3 Å². The molecular formula is C31H37N5O7. The Morgan fingerprint density at radius 1 is 1.23 bits per heavy atom. The Bertz CT molecular complexity index is 1620. The molecule has 2 unspecified atom stereocenters. The largest absolute Gasteiger partial charge is 0.508 e. The highest BCUT2D eigenvalue weighted by molar-refractivity contribution is 6.24. The van der Waals surface area contributed by atoms with Crippen LogP contribution in [0.15, 0.2) is 47.0 Å². The molecular weight excluding hydrogens is 554 g/mol. The summed E-state index contributed by atoms with van der Waals surface area (Å²) < 4.78 is 0. The lowest BCUT2D eigenvalue weighted by molar-refractivity contribution is -0.153. The van der Waals surface area contributed by atoms with Crippen molar-refractivity contribution in [1.82, 2.24) is 20.0 Å². The number of nitrogens with zero attached hydrogens (tertiary/aromatic N) is 3. The molecule has 3 aliphatic rings. The van der Waals surface area contributed by atoms with Crippen LogP contribution in [-0.2, 0) is 27.3 Å². The number of hydrogen-bond donors (Lipinski definition) is 6. The summed E-state index contributed by atoms with van der Waals surface area (Å²) in [6, 6.07) is 0.706. The van der Waals surface area contributed by atoms with Crippen LogP contribution in [0.3, 0.4) is 0 Å². The van der Waals surface area contributed by atoms with E-state index in [1.165, 1.54) is 4.90 Å². The van der Waals surface area contributed by atoms with E-state index in [0.29, 0.717) is 35.3 Å². The number of fused-ring (bicyclic) bond motifs is 3. The number of primary amides is 1. The van der Waals surface area contributed by atoms with Crippen molar-refractivity contribution in [2.45, 2.75) is 44.9 Å². The third-order valence-electron chi connectivity index (χ3n) is 9.06. The van der Waals surface area contributed by atoms with E-state index in [1.807, 2.05) is 37.9 Å². The number of aromatic amines is 1. The number of hydrogen-bond acceptors (Lipinski definition) is 10. The quantitative estimate of drug-likeness (QED) is 0.204. The molecule has 7 N–H and O–H groups in total. The first-order valence-electron chi connectivity index (χ1n) is 14.1. The normalized spacial score (nSPS) is 25.8. The summed E-state index contributed by atoms with van der Waals surface area (Å²) in [6.07, 6.45) is 5.53. The Balaban J connectivity index is 1.72. The van der Waals surface area contributed by atoms with Gasteiger partial charge >= 0.3 is 0 Å². The lowest BCUT2D eigenvalue weighted by atomic mass is 9.57. The Morgan fingerprint density at radius 2 is 1.93 bits per heavy atom. The van der Waals surface area contributed by atoms with Crippen LogP contribution in [0.25, 0.3) is 16.9 Å². The summed E-state index contributed by atoms with van der Waals surface area (Å²) in [5.74, 6) is -6.74. The number of amides is 1. The van der Waals surface area contributed by atoms with Gasteiger partial charge in [0.1, 0.15) is 22.8 Å². The number of ketones is 2. The van der Waals surface area contributed by atoms with E-state index >= 15 is 0 Å². The summed E-state index contributed by atoms with van der Waals surface area (Å²) in [5, 5.41) is 53.1. The van der Waals surface area contributed by atoms with Gasteiger partial charge in [0.05, 0.1) is 17.8 Å². The van der Waals surface area contributed by atoms with Gasteiger partial charge in [0, 0.05) is 41.9 Å². The summed E-state index contributed by atoms with van der Waals surface area (Å²) in [7, 11) is 5.03. The molecule has 1 fully saturated rings. The molecule has 2 aromatic rings. The maximum atomic E-state index is 14.2. The molecule has 12 heteroatoms. The lowest BCUT2D eigenvalue weighted by Gasteiger charge is -2.50. The number of carbonyl (C=O) groups is 3. The number of aliphatic hydroxyl groups is 3. The van der Waals surface area contributed by atoms with Crippen molar-refractivity contribution in [2.24, 2.45) is 17.6 Å². The van der Waals surface area contributed by atoms with Crippen LogP contribution in [-0.4, -0.2) is 97.2 Å². The van der Waals surface area contributed by atoms with Crippen LogP contribution in [0.2, 0.25) is 0 Å². The van der Waals surface area contributed by atoms with Crippen LogP contribution in [0.1, 0.15) is 37.0 Å². The minimum Gasteiger partial charge on any atom is -0.508 e. The number of allylic oxidation sites excluding steroid dienone is 1. The zero-order valence-corrected chi connectivity index (χ0v) is 24.8. The smallest absolute Gasteiger partial charge is 0.255 e. The van der Waals surface area contributed by atoms with E-state index < -0.39 is 58.0 Å². The van der Waals surface area contributed by atoms with Crippen LogP contribution in [0.4, 0.5) is 0 Å². The van der Waals surface area contributed by atoms with E-state index in [1.54, 1.807) is 26.5 Å². The van der Waals surface area contributed by atoms with Gasteiger partial charge in [0.15, 0.2) is 11.4 Å². The molecule has 43 heavy (non-hydrogen) atoms. The maximum Gasteiger partial charge on any atom is 0.255 e. The standard InChI is InChI=1S/C31H37N5O7/c1-6-14(2)12-36(5)13-16-8-18(17-10-33-34-11-17)19-7-15-9-20-24(35(3)4)27(39)23(30(32)42)29(41)31(20,43)28(40)21(15)26(38)22(19)25(16)37/h6,8,10-11,15,20,24,37-38,41,43H,7,9,12-13H2,1-5H3,(H2,32,42)(H,33,34)/b14-6+/t15?,20?,24-,31-/m0/s1. The third-order valence-corrected chi connectivity index (χ3v) is 9.06. The van der Waals surface area contributed by atoms with Gasteiger partial charge in [-0.1, -0.05) is 11.6 Å². The number of phenolic OH excluding ortho intramolecular Hbond substituents is 1. The van der Waals surface area contributed by atoms with Gasteiger partial charge in [-0.2, -0.15) is 5.10 Å². The molecule has 1 aromatic heterocycles. The van der Waals surface area contributed by atoms with Crippen molar-refractivity contribution in [1.29, 1.82) is 0 Å². The SMILES string of the molecule is C/C=C(\C)CN(C)Cc1cc(-c2cn[nH]c2)c2c(c1O)C(O)=C1C(=O)[C@]3(O)C(O)=C(C(N)=O)C(=O)[C@@H](N(C)C)C3CC1C2. The van der Waals surface area contributed by atoms with Crippen molar-refractivity contribution < 1.29 is 34.8 Å². The number of phenols is 1. The first kappa shape index (κ1) is 30.2. The van der Waals surface area contributed by atoms with Crippen molar-refractivity contribution in [3.8, 4) is 16.9 Å². The first-order valence-corrected chi connectivity index (χ1v) is 14.1. The average molecular weight is 592 g/mol. The van der Waals surface area contributed by atoms with Gasteiger partial charge in [-0.05, 0) is 70.9 Å². The predicted octanol–water partition coefficient (Wildman–Crippen LogP) is 1.75. The highest BCUT2D eigenvalue weighted by Gasteiger charge is 2.64. The Kier molecular flexibility index (Phi) is 7.57. The molecule has 1 amide bonds. The number of aromatic nitrogens is 2. The fraction of sp³-hybridized carbons (Fsp3) is 0.419. The van der Waals surface area contributed by atoms with Crippen molar-refractivity contribution in [3.05, 3.63) is 63.7 Å². The fourth-order valence-corrected chi connectivity index (χ4v) is 7.01. The monoisotopic (exact) mass is 591 g/mol. The molecule has 0 spiro atoms. The summed E-state index contributed by atoms with van der Waals surface area (Å²) in [4.78, 5) is 43.2. The minimum absolute atomic E-state index is 0.0183. The second-order valence-electron chi connectivity index (χ2n) is 12.0. The zero-order chi connectivity index (χ0) is 31.5. The predicted molar refractivity (Wildman–Crippen MR) is 158 cm³/mol. The van der Waals surface area contributed by atoms with Crippen LogP contribution < -0.4 is 5.73 Å². The highest BCUT2D eigenvalue weighted by Crippen LogP contribution is 2.54. The number of carbonyl (C=O) groups excluding carboxylic acids is 3. The van der Waals surface area contributed by atoms with Gasteiger partial charge < -0.3 is 26.2 Å². The Hall–Kier alpha value is -4.26. The molecule has 1 heterocycles. The average Bonchev–Trinajstić information content (AvgIpc) is 3.46. The number of rotatable bonds is 7.